The number of aryl methyl sites for hydroxylation is 1. The summed E-state index contributed by atoms with van der Waals surface area (Å²) in [6.45, 7) is 2.33. The molecule has 0 aliphatic rings. The molecule has 0 aliphatic carbocycles. The number of nitro groups is 3. The molecule has 0 spiro atoms. The normalized spacial score (nSPS) is 10.0. The maximum absolute atomic E-state index is 10.8. The van der Waals surface area contributed by atoms with Crippen LogP contribution in [0.15, 0.2) is 6.07 Å². The monoisotopic (exact) mass is 241 g/mol. The second-order valence-corrected chi connectivity index (χ2v) is 3.31. The van der Waals surface area contributed by atoms with Crippen molar-refractivity contribution in [3.8, 4) is 0 Å². The van der Waals surface area contributed by atoms with Crippen LogP contribution in [-0.4, -0.2) is 14.8 Å². The minimum absolute atomic E-state index is 0.112. The van der Waals surface area contributed by atoms with Crippen molar-refractivity contribution >= 4 is 17.1 Å². The van der Waals surface area contributed by atoms with Gasteiger partial charge in [-0.2, -0.15) is 0 Å². The molecule has 0 aliphatic heterocycles. The standard InChI is InChI=1S/C8H7N3O6/c1-4-3-6(9(12)13)5(2)8(11(16)17)7(4)10(14)15/h3H,1-2H3. The minimum atomic E-state index is -0.979. The van der Waals surface area contributed by atoms with Crippen LogP contribution in [0.5, 0.6) is 0 Å². The summed E-state index contributed by atoms with van der Waals surface area (Å²) in [6.07, 6.45) is 0. The van der Waals surface area contributed by atoms with Gasteiger partial charge in [0.15, 0.2) is 0 Å². The van der Waals surface area contributed by atoms with E-state index in [-0.39, 0.29) is 11.1 Å². The highest BCUT2D eigenvalue weighted by Crippen LogP contribution is 2.38. The third-order valence-corrected chi connectivity index (χ3v) is 2.25. The molecule has 0 saturated carbocycles. The maximum Gasteiger partial charge on any atom is 0.356 e. The third-order valence-electron chi connectivity index (χ3n) is 2.25. The summed E-state index contributed by atoms with van der Waals surface area (Å²) >= 11 is 0. The van der Waals surface area contributed by atoms with Crippen LogP contribution >= 0.6 is 0 Å². The van der Waals surface area contributed by atoms with Gasteiger partial charge < -0.3 is 0 Å². The first-order valence-electron chi connectivity index (χ1n) is 4.34. The van der Waals surface area contributed by atoms with Crippen molar-refractivity contribution in [3.05, 3.63) is 47.5 Å². The molecule has 17 heavy (non-hydrogen) atoms. The van der Waals surface area contributed by atoms with Gasteiger partial charge in [0.1, 0.15) is 5.56 Å². The Morgan fingerprint density at radius 2 is 1.35 bits per heavy atom. The quantitative estimate of drug-likeness (QED) is 0.587. The first kappa shape index (κ1) is 12.5. The van der Waals surface area contributed by atoms with Crippen molar-refractivity contribution in [1.82, 2.24) is 0 Å². The fraction of sp³-hybridized carbons (Fsp3) is 0.250. The lowest BCUT2D eigenvalue weighted by Crippen LogP contribution is -2.04. The zero-order chi connectivity index (χ0) is 13.3. The lowest BCUT2D eigenvalue weighted by Gasteiger charge is -2.02. The van der Waals surface area contributed by atoms with Gasteiger partial charge in [-0.05, 0) is 13.8 Å². The molecule has 90 valence electrons. The largest absolute Gasteiger partial charge is 0.356 e. The van der Waals surface area contributed by atoms with Crippen LogP contribution in [-0.2, 0) is 0 Å². The van der Waals surface area contributed by atoms with Crippen molar-refractivity contribution in [2.45, 2.75) is 13.8 Å². The molecule has 0 fully saturated rings. The average Bonchev–Trinajstić information content (AvgIpc) is 2.18. The predicted octanol–water partition coefficient (Wildman–Crippen LogP) is 2.03. The molecule has 1 aromatic rings. The van der Waals surface area contributed by atoms with E-state index in [0.717, 1.165) is 13.0 Å². The van der Waals surface area contributed by atoms with Crippen molar-refractivity contribution in [2.75, 3.05) is 0 Å². The Hall–Kier alpha value is -2.58. The molecule has 0 amide bonds. The van der Waals surface area contributed by atoms with E-state index in [2.05, 4.69) is 0 Å². The van der Waals surface area contributed by atoms with E-state index in [4.69, 9.17) is 0 Å². The molecule has 1 aromatic carbocycles. The molecule has 1 rings (SSSR count). The van der Waals surface area contributed by atoms with Crippen LogP contribution in [0, 0.1) is 44.2 Å². The van der Waals surface area contributed by atoms with E-state index in [1.54, 1.807) is 0 Å². The topological polar surface area (TPSA) is 129 Å². The Morgan fingerprint density at radius 3 is 1.71 bits per heavy atom. The number of nitro benzene ring substituents is 3. The molecule has 0 bridgehead atoms. The molecule has 0 aromatic heterocycles. The van der Waals surface area contributed by atoms with E-state index >= 15 is 0 Å². The Morgan fingerprint density at radius 1 is 0.882 bits per heavy atom. The molecule has 0 unspecified atom stereocenters. The summed E-state index contributed by atoms with van der Waals surface area (Å²) in [5.41, 5.74) is -2.48. The van der Waals surface area contributed by atoms with E-state index in [0.29, 0.717) is 0 Å². The molecule has 0 radical (unpaired) electrons. The Balaban J connectivity index is 3.78. The van der Waals surface area contributed by atoms with Crippen molar-refractivity contribution in [1.29, 1.82) is 0 Å². The van der Waals surface area contributed by atoms with Crippen molar-refractivity contribution < 1.29 is 14.8 Å². The lowest BCUT2D eigenvalue weighted by molar-refractivity contribution is -0.425. The Kier molecular flexibility index (Phi) is 3.03. The molecule has 9 nitrogen and oxygen atoms in total. The number of hydrogen-bond acceptors (Lipinski definition) is 6. The second kappa shape index (κ2) is 4.12. The van der Waals surface area contributed by atoms with Crippen LogP contribution in [0.25, 0.3) is 0 Å². The maximum atomic E-state index is 10.8. The number of nitrogens with zero attached hydrogens (tertiary/aromatic N) is 3. The van der Waals surface area contributed by atoms with Crippen LogP contribution in [0.4, 0.5) is 17.1 Å². The van der Waals surface area contributed by atoms with Crippen LogP contribution in [0.1, 0.15) is 11.1 Å². The molecule has 0 atom stereocenters. The van der Waals surface area contributed by atoms with Gasteiger partial charge >= 0.3 is 11.4 Å². The van der Waals surface area contributed by atoms with Gasteiger partial charge in [-0.1, -0.05) is 0 Å². The fourth-order valence-electron chi connectivity index (χ4n) is 1.51. The molecule has 0 N–H and O–H groups in total. The zero-order valence-electron chi connectivity index (χ0n) is 8.87. The van der Waals surface area contributed by atoms with Gasteiger partial charge in [0.2, 0.25) is 0 Å². The van der Waals surface area contributed by atoms with Gasteiger partial charge in [-0.25, -0.2) is 0 Å². The van der Waals surface area contributed by atoms with Gasteiger partial charge in [0.05, 0.1) is 14.8 Å². The predicted molar refractivity (Wildman–Crippen MR) is 55.9 cm³/mol. The summed E-state index contributed by atoms with van der Waals surface area (Å²) in [7, 11) is 0. The lowest BCUT2D eigenvalue weighted by atomic mass is 10.1. The fourth-order valence-corrected chi connectivity index (χ4v) is 1.51. The number of rotatable bonds is 3. The van der Waals surface area contributed by atoms with Crippen LogP contribution in [0.2, 0.25) is 0 Å². The van der Waals surface area contributed by atoms with Gasteiger partial charge in [0, 0.05) is 11.6 Å². The minimum Gasteiger partial charge on any atom is -0.258 e. The molecule has 0 saturated heterocycles. The zero-order valence-corrected chi connectivity index (χ0v) is 8.87. The van der Waals surface area contributed by atoms with Crippen LogP contribution in [0.3, 0.4) is 0 Å². The van der Waals surface area contributed by atoms with Crippen LogP contribution < -0.4 is 0 Å². The van der Waals surface area contributed by atoms with Gasteiger partial charge in [0.25, 0.3) is 5.69 Å². The van der Waals surface area contributed by atoms with E-state index in [1.165, 1.54) is 6.92 Å². The summed E-state index contributed by atoms with van der Waals surface area (Å²) in [6, 6.07) is 0.959. The highest BCUT2D eigenvalue weighted by Gasteiger charge is 2.35. The molecular weight excluding hydrogens is 234 g/mol. The van der Waals surface area contributed by atoms with E-state index in [9.17, 15) is 30.3 Å². The average molecular weight is 241 g/mol. The van der Waals surface area contributed by atoms with E-state index in [1.807, 2.05) is 0 Å². The number of hydrogen-bond donors (Lipinski definition) is 0. The van der Waals surface area contributed by atoms with Gasteiger partial charge in [-0.15, -0.1) is 0 Å². The Bertz CT molecular complexity index is 539. The summed E-state index contributed by atoms with van der Waals surface area (Å²) in [4.78, 5) is 29.4. The summed E-state index contributed by atoms with van der Waals surface area (Å²) < 4.78 is 0. The molecule has 0 heterocycles. The Labute approximate surface area is 94.1 Å². The first-order valence-corrected chi connectivity index (χ1v) is 4.34. The highest BCUT2D eigenvalue weighted by atomic mass is 16.6. The molecule has 9 heteroatoms. The summed E-state index contributed by atoms with van der Waals surface area (Å²) in [5, 5.41) is 32.1. The molecular formula is C8H7N3O6. The smallest absolute Gasteiger partial charge is 0.258 e. The van der Waals surface area contributed by atoms with Crippen molar-refractivity contribution in [2.24, 2.45) is 0 Å². The SMILES string of the molecule is Cc1cc([N+](=O)[O-])c(C)c([N+](=O)[O-])c1[N+](=O)[O-]. The van der Waals surface area contributed by atoms with E-state index < -0.39 is 31.8 Å². The second-order valence-electron chi connectivity index (χ2n) is 3.31. The summed E-state index contributed by atoms with van der Waals surface area (Å²) in [5.74, 6) is 0. The van der Waals surface area contributed by atoms with Gasteiger partial charge in [-0.3, -0.25) is 30.3 Å². The van der Waals surface area contributed by atoms with Crippen molar-refractivity contribution in [3.63, 3.8) is 0 Å². The first-order chi connectivity index (χ1) is 7.77. The third kappa shape index (κ3) is 2.02. The number of benzene rings is 1. The highest BCUT2D eigenvalue weighted by molar-refractivity contribution is 5.68.